The molecule has 0 aromatic carbocycles. The lowest BCUT2D eigenvalue weighted by Crippen LogP contribution is -2.70. The van der Waals surface area contributed by atoms with Crippen molar-refractivity contribution in [2.75, 3.05) is 38.7 Å². The lowest BCUT2D eigenvalue weighted by atomic mass is 9.82. The van der Waals surface area contributed by atoms with Crippen LogP contribution in [0.15, 0.2) is 18.3 Å². The molecule has 3 aliphatic heterocycles. The molecule has 1 spiro atoms. The Bertz CT molecular complexity index is 730. The first-order valence-electron chi connectivity index (χ1n) is 8.79. The van der Waals surface area contributed by atoms with Crippen molar-refractivity contribution >= 4 is 9.84 Å². The van der Waals surface area contributed by atoms with E-state index in [1.165, 1.54) is 18.3 Å². The van der Waals surface area contributed by atoms with Crippen LogP contribution in [0.5, 0.6) is 5.88 Å². The summed E-state index contributed by atoms with van der Waals surface area (Å²) < 4.78 is 49.2. The van der Waals surface area contributed by atoms with Gasteiger partial charge in [0, 0.05) is 44.5 Å². The molecule has 4 rings (SSSR count). The fraction of sp³-hybridized carbons (Fsp3) is 0.706. The van der Waals surface area contributed by atoms with Gasteiger partial charge in [-0.1, -0.05) is 0 Å². The number of nitrogens with zero attached hydrogens (tertiary/aromatic N) is 2. The van der Waals surface area contributed by atoms with E-state index in [1.807, 2.05) is 0 Å². The first kappa shape index (κ1) is 17.2. The number of pyridine rings is 1. The van der Waals surface area contributed by atoms with Gasteiger partial charge in [-0.25, -0.2) is 17.8 Å². The zero-order valence-corrected chi connectivity index (χ0v) is 14.9. The van der Waals surface area contributed by atoms with Crippen molar-refractivity contribution in [2.45, 2.75) is 30.1 Å². The highest BCUT2D eigenvalue weighted by Crippen LogP contribution is 2.46. The summed E-state index contributed by atoms with van der Waals surface area (Å²) in [4.78, 5) is 6.15. The lowest BCUT2D eigenvalue weighted by molar-refractivity contribution is -0.0227. The van der Waals surface area contributed by atoms with E-state index in [2.05, 4.69) is 9.88 Å². The van der Waals surface area contributed by atoms with E-state index in [4.69, 9.17) is 9.47 Å². The van der Waals surface area contributed by atoms with Crippen molar-refractivity contribution in [3.63, 3.8) is 0 Å². The van der Waals surface area contributed by atoms with E-state index < -0.39 is 20.4 Å². The van der Waals surface area contributed by atoms with E-state index in [9.17, 15) is 12.8 Å². The Labute approximate surface area is 147 Å². The fourth-order valence-corrected chi connectivity index (χ4v) is 6.73. The molecule has 138 valence electrons. The van der Waals surface area contributed by atoms with Gasteiger partial charge in [-0.05, 0) is 31.4 Å². The van der Waals surface area contributed by atoms with Crippen molar-refractivity contribution in [1.82, 2.24) is 9.88 Å². The van der Waals surface area contributed by atoms with Gasteiger partial charge in [-0.15, -0.1) is 0 Å². The van der Waals surface area contributed by atoms with Crippen LogP contribution in [0.1, 0.15) is 19.3 Å². The number of rotatable bonds is 4. The quantitative estimate of drug-likeness (QED) is 0.795. The monoisotopic (exact) mass is 370 g/mol. The second-order valence-electron chi connectivity index (χ2n) is 7.22. The molecule has 1 aromatic heterocycles. The number of hydrogen-bond donors (Lipinski definition) is 0. The second-order valence-corrected chi connectivity index (χ2v) is 9.67. The van der Waals surface area contributed by atoms with Crippen LogP contribution in [0.25, 0.3) is 0 Å². The Morgan fingerprint density at radius 2 is 2.08 bits per heavy atom. The molecule has 0 aliphatic carbocycles. The summed E-state index contributed by atoms with van der Waals surface area (Å²) in [6.45, 7) is 2.78. The van der Waals surface area contributed by atoms with Crippen LogP contribution in [-0.2, 0) is 14.6 Å². The highest BCUT2D eigenvalue weighted by molar-refractivity contribution is 7.93. The van der Waals surface area contributed by atoms with Gasteiger partial charge in [0.15, 0.2) is 15.7 Å². The molecule has 0 unspecified atom stereocenters. The van der Waals surface area contributed by atoms with Crippen molar-refractivity contribution in [2.24, 2.45) is 5.92 Å². The van der Waals surface area contributed by atoms with Crippen LogP contribution in [0.4, 0.5) is 4.39 Å². The Hall–Kier alpha value is -1.25. The normalized spacial score (nSPS) is 28.8. The maximum atomic E-state index is 13.7. The molecule has 3 saturated heterocycles. The Balaban J connectivity index is 1.44. The minimum absolute atomic E-state index is 0.0532. The SMILES string of the molecule is O=S1(=O)CC[C@@H](COc2ncccc2F)C12CN(C1CCOCC1)C2. The number of ether oxygens (including phenoxy) is 2. The maximum Gasteiger partial charge on any atom is 0.250 e. The highest BCUT2D eigenvalue weighted by Gasteiger charge is 2.62. The molecule has 0 N–H and O–H groups in total. The zero-order valence-electron chi connectivity index (χ0n) is 14.1. The standard InChI is InChI=1S/C17H23FN2O4S/c18-15-2-1-6-19-16(15)24-10-13-5-9-25(21,22)17(13)11-20(12-17)14-3-7-23-8-4-14/h1-2,6,13-14H,3-5,7-12H2/t13-/m0/s1. The summed E-state index contributed by atoms with van der Waals surface area (Å²) in [5.74, 6) is -0.500. The molecule has 1 atom stereocenters. The molecule has 3 aliphatic rings. The second kappa shape index (κ2) is 6.48. The van der Waals surface area contributed by atoms with Crippen molar-refractivity contribution in [1.29, 1.82) is 0 Å². The maximum absolute atomic E-state index is 13.7. The van der Waals surface area contributed by atoms with Gasteiger partial charge in [0.1, 0.15) is 4.75 Å². The van der Waals surface area contributed by atoms with E-state index >= 15 is 0 Å². The van der Waals surface area contributed by atoms with Gasteiger partial charge in [-0.3, -0.25) is 4.90 Å². The molecule has 4 heterocycles. The van der Waals surface area contributed by atoms with E-state index in [1.54, 1.807) is 0 Å². The summed E-state index contributed by atoms with van der Waals surface area (Å²) in [5, 5.41) is 0. The molecule has 3 fully saturated rings. The van der Waals surface area contributed by atoms with Crippen LogP contribution in [0.2, 0.25) is 0 Å². The van der Waals surface area contributed by atoms with Gasteiger partial charge < -0.3 is 9.47 Å². The first-order chi connectivity index (χ1) is 12.0. The minimum Gasteiger partial charge on any atom is -0.475 e. The van der Waals surface area contributed by atoms with Gasteiger partial charge in [0.2, 0.25) is 5.88 Å². The molecule has 6 nitrogen and oxygen atoms in total. The van der Waals surface area contributed by atoms with Gasteiger partial charge >= 0.3 is 0 Å². The lowest BCUT2D eigenvalue weighted by Gasteiger charge is -2.53. The van der Waals surface area contributed by atoms with Crippen LogP contribution >= 0.6 is 0 Å². The molecule has 0 saturated carbocycles. The molecular weight excluding hydrogens is 347 g/mol. The zero-order chi connectivity index (χ0) is 17.5. The van der Waals surface area contributed by atoms with Crippen LogP contribution in [-0.4, -0.2) is 67.8 Å². The summed E-state index contributed by atoms with van der Waals surface area (Å²) in [6.07, 6.45) is 3.95. The average Bonchev–Trinajstić information content (AvgIpc) is 2.84. The number of halogens is 1. The fourth-order valence-electron chi connectivity index (χ4n) is 4.31. The van der Waals surface area contributed by atoms with Gasteiger partial charge in [0.25, 0.3) is 0 Å². The van der Waals surface area contributed by atoms with Crippen molar-refractivity contribution < 1.29 is 22.3 Å². The average molecular weight is 370 g/mol. The largest absolute Gasteiger partial charge is 0.475 e. The van der Waals surface area contributed by atoms with Gasteiger partial charge in [-0.2, -0.15) is 0 Å². The minimum atomic E-state index is -3.15. The topological polar surface area (TPSA) is 68.7 Å². The summed E-state index contributed by atoms with van der Waals surface area (Å²) in [5.41, 5.74) is 0. The summed E-state index contributed by atoms with van der Waals surface area (Å²) >= 11 is 0. The Morgan fingerprint density at radius 1 is 1.32 bits per heavy atom. The van der Waals surface area contributed by atoms with E-state index in [0.29, 0.717) is 25.6 Å². The highest BCUT2D eigenvalue weighted by atomic mass is 32.2. The number of hydrogen-bond acceptors (Lipinski definition) is 6. The summed E-state index contributed by atoms with van der Waals surface area (Å²) in [6, 6.07) is 3.20. The number of aromatic nitrogens is 1. The van der Waals surface area contributed by atoms with E-state index in [-0.39, 0.29) is 24.2 Å². The molecule has 8 heteroatoms. The predicted octanol–water partition coefficient (Wildman–Crippen LogP) is 1.27. The third-order valence-electron chi connectivity index (χ3n) is 5.89. The molecule has 0 bridgehead atoms. The predicted molar refractivity (Wildman–Crippen MR) is 89.7 cm³/mol. The van der Waals surface area contributed by atoms with Gasteiger partial charge in [0.05, 0.1) is 12.4 Å². The number of sulfone groups is 1. The smallest absolute Gasteiger partial charge is 0.250 e. The molecule has 25 heavy (non-hydrogen) atoms. The van der Waals surface area contributed by atoms with Crippen molar-refractivity contribution in [3.05, 3.63) is 24.1 Å². The third-order valence-corrected chi connectivity index (χ3v) is 8.50. The Morgan fingerprint density at radius 3 is 2.80 bits per heavy atom. The van der Waals surface area contributed by atoms with E-state index in [0.717, 1.165) is 26.1 Å². The summed E-state index contributed by atoms with van der Waals surface area (Å²) in [7, 11) is -3.15. The third kappa shape index (κ3) is 2.94. The van der Waals surface area contributed by atoms with Crippen molar-refractivity contribution in [3.8, 4) is 5.88 Å². The van der Waals surface area contributed by atoms with Crippen LogP contribution in [0.3, 0.4) is 0 Å². The Kier molecular flexibility index (Phi) is 4.45. The molecule has 0 radical (unpaired) electrons. The van der Waals surface area contributed by atoms with Crippen LogP contribution < -0.4 is 4.74 Å². The number of likely N-dealkylation sites (tertiary alicyclic amines) is 1. The molecule has 0 amide bonds. The van der Waals surface area contributed by atoms with Crippen LogP contribution in [0, 0.1) is 11.7 Å². The molecular formula is C17H23FN2O4S. The first-order valence-corrected chi connectivity index (χ1v) is 10.4. The molecule has 1 aromatic rings.